The summed E-state index contributed by atoms with van der Waals surface area (Å²) in [4.78, 5) is 33.8. The van der Waals surface area contributed by atoms with E-state index in [0.29, 0.717) is 35.7 Å². The molecule has 0 aliphatic carbocycles. The first-order valence-corrected chi connectivity index (χ1v) is 12.8. The van der Waals surface area contributed by atoms with Gasteiger partial charge in [0.25, 0.3) is 0 Å². The number of nitriles is 1. The molecule has 10 heteroatoms. The van der Waals surface area contributed by atoms with E-state index in [1.54, 1.807) is 26.1 Å². The fourth-order valence-electron chi connectivity index (χ4n) is 5.05. The number of piperidine rings is 1. The van der Waals surface area contributed by atoms with Crippen LogP contribution in [0.25, 0.3) is 0 Å². The third-order valence-corrected chi connectivity index (χ3v) is 7.14. The van der Waals surface area contributed by atoms with E-state index in [9.17, 15) is 14.0 Å². The van der Waals surface area contributed by atoms with Gasteiger partial charge in [-0.3, -0.25) is 14.6 Å². The van der Waals surface area contributed by atoms with Gasteiger partial charge in [0.15, 0.2) is 0 Å². The van der Waals surface area contributed by atoms with E-state index in [0.717, 1.165) is 31.4 Å². The summed E-state index contributed by atoms with van der Waals surface area (Å²) in [6, 6.07) is 8.16. The highest BCUT2D eigenvalue weighted by molar-refractivity contribution is 6.10. The van der Waals surface area contributed by atoms with Crippen LogP contribution in [0.2, 0.25) is 0 Å². The lowest BCUT2D eigenvalue weighted by Gasteiger charge is -2.42. The van der Waals surface area contributed by atoms with Crippen LogP contribution < -0.4 is 15.5 Å². The van der Waals surface area contributed by atoms with Gasteiger partial charge in [-0.2, -0.15) is 5.26 Å². The molecule has 0 spiro atoms. The molecule has 1 fully saturated rings. The molecule has 1 saturated heterocycles. The zero-order chi connectivity index (χ0) is 26.6. The van der Waals surface area contributed by atoms with Crippen molar-refractivity contribution in [2.45, 2.75) is 58.0 Å². The Morgan fingerprint density at radius 1 is 1.41 bits per heavy atom. The molecule has 2 aliphatic heterocycles. The van der Waals surface area contributed by atoms with Gasteiger partial charge in [0.1, 0.15) is 23.1 Å². The lowest BCUT2D eigenvalue weighted by Crippen LogP contribution is -2.55. The third-order valence-electron chi connectivity index (χ3n) is 7.14. The van der Waals surface area contributed by atoms with Crippen molar-refractivity contribution in [3.05, 3.63) is 47.5 Å². The van der Waals surface area contributed by atoms with Crippen LogP contribution in [0, 0.1) is 17.1 Å². The van der Waals surface area contributed by atoms with Crippen LogP contribution >= 0.6 is 0 Å². The number of nitrogens with zero attached hydrogens (tertiary/aromatic N) is 4. The fourth-order valence-corrected chi connectivity index (χ4v) is 5.05. The van der Waals surface area contributed by atoms with E-state index in [1.807, 2.05) is 19.1 Å². The molecule has 0 saturated carbocycles. The smallest absolute Gasteiger partial charge is 0.414 e. The molecule has 0 bridgehead atoms. The topological polar surface area (TPSA) is 111 Å². The van der Waals surface area contributed by atoms with E-state index in [4.69, 9.17) is 10.00 Å². The third kappa shape index (κ3) is 5.23. The predicted octanol–water partition coefficient (Wildman–Crippen LogP) is 4.60. The van der Waals surface area contributed by atoms with Crippen molar-refractivity contribution in [3.8, 4) is 6.07 Å². The molecule has 1 aromatic heterocycles. The molecule has 3 heterocycles. The first kappa shape index (κ1) is 26.4. The number of carbonyl (C=O) groups is 2. The van der Waals surface area contributed by atoms with Crippen molar-refractivity contribution in [1.29, 1.82) is 5.26 Å². The number of aromatic nitrogens is 1. The Morgan fingerprint density at radius 3 is 2.89 bits per heavy atom. The normalized spacial score (nSPS) is 21.1. The maximum absolute atomic E-state index is 15.0. The SMILES string of the molecule is CCCCOC(=O)N(CC)c1cc(F)cc2c1NC(=O)C2(C)N1CCC[C@@H](Nc2ccc(C#N)nc2)C1. The Hall–Kier alpha value is -3.71. The van der Waals surface area contributed by atoms with Crippen LogP contribution in [0.4, 0.5) is 26.2 Å². The minimum atomic E-state index is -1.11. The molecule has 1 unspecified atom stereocenters. The van der Waals surface area contributed by atoms with Gasteiger partial charge in [-0.15, -0.1) is 0 Å². The number of fused-ring (bicyclic) bond motifs is 1. The summed E-state index contributed by atoms with van der Waals surface area (Å²) in [6.07, 6.45) is 4.41. The van der Waals surface area contributed by atoms with Gasteiger partial charge in [0.05, 0.1) is 29.9 Å². The Labute approximate surface area is 216 Å². The van der Waals surface area contributed by atoms with Gasteiger partial charge in [-0.1, -0.05) is 13.3 Å². The summed E-state index contributed by atoms with van der Waals surface area (Å²) in [6.45, 7) is 7.35. The van der Waals surface area contributed by atoms with Gasteiger partial charge < -0.3 is 15.4 Å². The van der Waals surface area contributed by atoms with E-state index in [-0.39, 0.29) is 25.1 Å². The Bertz CT molecular complexity index is 1200. The number of benzene rings is 1. The highest BCUT2D eigenvalue weighted by Gasteiger charge is 2.50. The molecular formula is C27H33FN6O3. The summed E-state index contributed by atoms with van der Waals surface area (Å²) in [5.74, 6) is -0.780. The number of hydrogen-bond donors (Lipinski definition) is 2. The number of halogens is 1. The predicted molar refractivity (Wildman–Crippen MR) is 139 cm³/mol. The van der Waals surface area contributed by atoms with Crippen molar-refractivity contribution in [1.82, 2.24) is 9.88 Å². The highest BCUT2D eigenvalue weighted by atomic mass is 19.1. The van der Waals surface area contributed by atoms with E-state index in [1.165, 1.54) is 17.0 Å². The monoisotopic (exact) mass is 508 g/mol. The van der Waals surface area contributed by atoms with Crippen LogP contribution in [0.3, 0.4) is 0 Å². The molecule has 2 atom stereocenters. The number of amides is 2. The summed E-state index contributed by atoms with van der Waals surface area (Å²) < 4.78 is 20.4. The van der Waals surface area contributed by atoms with Gasteiger partial charge in [0, 0.05) is 24.7 Å². The zero-order valence-electron chi connectivity index (χ0n) is 21.5. The van der Waals surface area contributed by atoms with Gasteiger partial charge in [-0.05, 0) is 63.9 Å². The van der Waals surface area contributed by atoms with Gasteiger partial charge in [0.2, 0.25) is 5.91 Å². The Balaban J connectivity index is 1.60. The Kier molecular flexibility index (Phi) is 7.93. The van der Waals surface area contributed by atoms with Crippen LogP contribution in [0.5, 0.6) is 0 Å². The number of pyridine rings is 1. The first-order valence-electron chi connectivity index (χ1n) is 12.8. The summed E-state index contributed by atoms with van der Waals surface area (Å²) >= 11 is 0. The Morgan fingerprint density at radius 2 is 2.22 bits per heavy atom. The number of carbonyl (C=O) groups excluding carboxylic acids is 2. The zero-order valence-corrected chi connectivity index (χ0v) is 21.5. The molecule has 2 amide bonds. The van der Waals surface area contributed by atoms with Crippen molar-refractivity contribution in [2.75, 3.05) is 41.8 Å². The van der Waals surface area contributed by atoms with Crippen molar-refractivity contribution < 1.29 is 18.7 Å². The van der Waals surface area contributed by atoms with E-state index < -0.39 is 17.4 Å². The van der Waals surface area contributed by atoms with Crippen molar-refractivity contribution >= 4 is 29.1 Å². The molecule has 196 valence electrons. The second kappa shape index (κ2) is 11.1. The molecular weight excluding hydrogens is 475 g/mol. The lowest BCUT2D eigenvalue weighted by molar-refractivity contribution is -0.127. The van der Waals surface area contributed by atoms with Crippen molar-refractivity contribution in [3.63, 3.8) is 0 Å². The standard InChI is InChI=1S/C27H33FN6O3/c1-4-6-12-37-26(36)34(5-2)23-14-18(28)13-22-24(23)32-25(35)27(22,3)33-11-7-8-21(17-33)31-20-10-9-19(15-29)30-16-20/h9-10,13-14,16,21,31H,4-8,11-12,17H2,1-3H3,(H,32,35)/t21-,27?/m1/s1. The molecule has 2 aliphatic rings. The average molecular weight is 509 g/mol. The number of anilines is 3. The number of nitrogens with one attached hydrogen (secondary N) is 2. The number of rotatable bonds is 8. The number of unbranched alkanes of at least 4 members (excludes halogenated alkanes) is 1. The van der Waals surface area contributed by atoms with E-state index >= 15 is 0 Å². The second-order valence-electron chi connectivity index (χ2n) is 9.56. The molecule has 37 heavy (non-hydrogen) atoms. The lowest BCUT2D eigenvalue weighted by atomic mass is 9.88. The molecule has 1 aromatic carbocycles. The van der Waals surface area contributed by atoms with Crippen LogP contribution in [-0.4, -0.2) is 54.2 Å². The van der Waals surface area contributed by atoms with Gasteiger partial charge in [-0.25, -0.2) is 14.2 Å². The highest BCUT2D eigenvalue weighted by Crippen LogP contribution is 2.46. The summed E-state index contributed by atoms with van der Waals surface area (Å²) in [5.41, 5.74) is 1.27. The quantitative estimate of drug-likeness (QED) is 0.502. The van der Waals surface area contributed by atoms with Crippen LogP contribution in [0.15, 0.2) is 30.5 Å². The minimum absolute atomic E-state index is 0.0332. The van der Waals surface area contributed by atoms with Crippen LogP contribution in [0.1, 0.15) is 57.7 Å². The maximum Gasteiger partial charge on any atom is 0.414 e. The van der Waals surface area contributed by atoms with Crippen LogP contribution in [-0.2, 0) is 15.1 Å². The average Bonchev–Trinajstić information content (AvgIpc) is 3.16. The van der Waals surface area contributed by atoms with Gasteiger partial charge >= 0.3 is 6.09 Å². The maximum atomic E-state index is 15.0. The first-order chi connectivity index (χ1) is 17.8. The number of hydrogen-bond acceptors (Lipinski definition) is 7. The minimum Gasteiger partial charge on any atom is -0.449 e. The largest absolute Gasteiger partial charge is 0.449 e. The summed E-state index contributed by atoms with van der Waals surface area (Å²) in [5, 5.41) is 15.4. The number of likely N-dealkylation sites (tertiary alicyclic amines) is 1. The summed E-state index contributed by atoms with van der Waals surface area (Å²) in [7, 11) is 0. The molecule has 4 rings (SSSR count). The molecule has 9 nitrogen and oxygen atoms in total. The van der Waals surface area contributed by atoms with E-state index in [2.05, 4.69) is 20.5 Å². The molecule has 2 aromatic rings. The molecule has 0 radical (unpaired) electrons. The number of ether oxygens (including phenoxy) is 1. The molecule has 2 N–H and O–H groups in total. The van der Waals surface area contributed by atoms with Crippen molar-refractivity contribution in [2.24, 2.45) is 0 Å². The fraction of sp³-hybridized carbons (Fsp3) is 0.481. The second-order valence-corrected chi connectivity index (χ2v) is 9.56.